The number of methoxy groups -OCH3 is 1. The highest BCUT2D eigenvalue weighted by Gasteiger charge is 2.19. The van der Waals surface area contributed by atoms with Crippen LogP contribution in [-0.2, 0) is 9.47 Å². The van der Waals surface area contributed by atoms with E-state index >= 15 is 0 Å². The molecule has 0 saturated heterocycles. The van der Waals surface area contributed by atoms with Crippen LogP contribution in [0.5, 0.6) is 0 Å². The van der Waals surface area contributed by atoms with Gasteiger partial charge in [0, 0.05) is 60.5 Å². The second-order valence-corrected chi connectivity index (χ2v) is 6.98. The van der Waals surface area contributed by atoms with Crippen LogP contribution in [0.3, 0.4) is 0 Å². The molecule has 0 rings (SSSR count). The minimum atomic E-state index is -0.481. The van der Waals surface area contributed by atoms with Gasteiger partial charge in [-0.2, -0.15) is 0 Å². The average Bonchev–Trinajstić information content (AvgIpc) is 2.51. The molecule has 0 saturated carbocycles. The van der Waals surface area contributed by atoms with E-state index in [2.05, 4.69) is 27.6 Å². The second kappa shape index (κ2) is 12.8. The van der Waals surface area contributed by atoms with E-state index < -0.39 is 5.60 Å². The number of nitrogens with one attached hydrogen (secondary N) is 2. The molecule has 0 aromatic rings. The Morgan fingerprint density at radius 3 is 2.20 bits per heavy atom. The molecular weight excluding hydrogens is 322 g/mol. The number of rotatable bonds is 10. The Balaban J connectivity index is 3.94. The van der Waals surface area contributed by atoms with E-state index in [9.17, 15) is 4.79 Å². The van der Waals surface area contributed by atoms with Gasteiger partial charge < -0.3 is 29.9 Å². The lowest BCUT2D eigenvalue weighted by atomic mass is 10.2. The molecule has 2 N–H and O–H groups in total. The van der Waals surface area contributed by atoms with Gasteiger partial charge in [0.05, 0.1) is 0 Å². The van der Waals surface area contributed by atoms with Crippen LogP contribution in [0.4, 0.5) is 4.79 Å². The minimum absolute atomic E-state index is 0.324. The highest BCUT2D eigenvalue weighted by atomic mass is 16.6. The van der Waals surface area contributed by atoms with Crippen LogP contribution in [-0.4, -0.2) is 95.0 Å². The number of aliphatic imine (C=N–C) groups is 1. The molecule has 0 radical (unpaired) electrons. The topological polar surface area (TPSA) is 78.4 Å². The normalized spacial score (nSPS) is 12.2. The molecular formula is C17H37N5O3. The smallest absolute Gasteiger partial charge is 0.410 e. The largest absolute Gasteiger partial charge is 0.444 e. The molecule has 8 heteroatoms. The third-order valence-electron chi connectivity index (χ3n) is 3.34. The first-order chi connectivity index (χ1) is 11.7. The molecule has 0 aliphatic carbocycles. The van der Waals surface area contributed by atoms with E-state index in [1.165, 1.54) is 0 Å². The van der Waals surface area contributed by atoms with Crippen molar-refractivity contribution in [1.29, 1.82) is 0 Å². The predicted octanol–water partition coefficient (Wildman–Crippen LogP) is 0.987. The molecule has 0 aliphatic rings. The van der Waals surface area contributed by atoms with E-state index in [-0.39, 0.29) is 6.09 Å². The molecule has 0 aromatic carbocycles. The summed E-state index contributed by atoms with van der Waals surface area (Å²) < 4.78 is 10.4. The highest BCUT2D eigenvalue weighted by Crippen LogP contribution is 2.08. The summed E-state index contributed by atoms with van der Waals surface area (Å²) in [6.45, 7) is 10.2. The molecule has 1 amide bonds. The molecule has 25 heavy (non-hydrogen) atoms. The summed E-state index contributed by atoms with van der Waals surface area (Å²) in [6.07, 6.45) is 0.701. The summed E-state index contributed by atoms with van der Waals surface area (Å²) in [7, 11) is 7.26. The molecule has 0 heterocycles. The summed E-state index contributed by atoms with van der Waals surface area (Å²) in [4.78, 5) is 19.9. The second-order valence-electron chi connectivity index (χ2n) is 6.98. The molecule has 0 fully saturated rings. The van der Waals surface area contributed by atoms with E-state index in [4.69, 9.17) is 9.47 Å². The first-order valence-electron chi connectivity index (χ1n) is 8.75. The zero-order valence-electron chi connectivity index (χ0n) is 17.0. The van der Waals surface area contributed by atoms with Crippen molar-refractivity contribution >= 4 is 12.1 Å². The lowest BCUT2D eigenvalue weighted by Gasteiger charge is -2.25. The number of hydrogen-bond donors (Lipinski definition) is 2. The van der Waals surface area contributed by atoms with Crippen molar-refractivity contribution in [3.05, 3.63) is 0 Å². The fourth-order valence-corrected chi connectivity index (χ4v) is 1.95. The maximum atomic E-state index is 11.9. The minimum Gasteiger partial charge on any atom is -0.444 e. The number of guanidine groups is 1. The van der Waals surface area contributed by atoms with Gasteiger partial charge in [0.15, 0.2) is 5.96 Å². The van der Waals surface area contributed by atoms with Crippen LogP contribution in [0.1, 0.15) is 27.2 Å². The van der Waals surface area contributed by atoms with Crippen molar-refractivity contribution in [2.24, 2.45) is 4.99 Å². The van der Waals surface area contributed by atoms with Crippen molar-refractivity contribution in [3.63, 3.8) is 0 Å². The Labute approximate surface area is 152 Å². The Morgan fingerprint density at radius 1 is 1.08 bits per heavy atom. The SMILES string of the molecule is CN=C(NCCN(C)CCCOC)NCCN(C)C(=O)OC(C)(C)C. The average molecular weight is 360 g/mol. The fourth-order valence-electron chi connectivity index (χ4n) is 1.95. The Hall–Kier alpha value is -1.54. The van der Waals surface area contributed by atoms with E-state index in [0.717, 1.165) is 38.6 Å². The van der Waals surface area contributed by atoms with Crippen LogP contribution < -0.4 is 10.6 Å². The number of ether oxygens (including phenoxy) is 2. The van der Waals surface area contributed by atoms with Crippen molar-refractivity contribution in [1.82, 2.24) is 20.4 Å². The molecule has 0 atom stereocenters. The van der Waals surface area contributed by atoms with Gasteiger partial charge in [-0.05, 0) is 34.2 Å². The molecule has 0 unspecified atom stereocenters. The fraction of sp³-hybridized carbons (Fsp3) is 0.882. The number of nitrogens with zero attached hydrogens (tertiary/aromatic N) is 3. The van der Waals surface area contributed by atoms with Crippen LogP contribution in [0.2, 0.25) is 0 Å². The zero-order valence-corrected chi connectivity index (χ0v) is 17.0. The van der Waals surface area contributed by atoms with Gasteiger partial charge in [-0.1, -0.05) is 0 Å². The number of likely N-dealkylation sites (N-methyl/N-ethyl adjacent to an activating group) is 2. The molecule has 0 aromatic heterocycles. The summed E-state index contributed by atoms with van der Waals surface area (Å²) in [5, 5.41) is 6.46. The number of carbonyl (C=O) groups is 1. The Morgan fingerprint density at radius 2 is 1.68 bits per heavy atom. The highest BCUT2D eigenvalue weighted by molar-refractivity contribution is 5.79. The van der Waals surface area contributed by atoms with Gasteiger partial charge in [-0.15, -0.1) is 0 Å². The molecule has 0 aliphatic heterocycles. The van der Waals surface area contributed by atoms with Crippen LogP contribution in [0.15, 0.2) is 4.99 Å². The Bertz CT molecular complexity index is 396. The maximum absolute atomic E-state index is 11.9. The van der Waals surface area contributed by atoms with Gasteiger partial charge in [0.25, 0.3) is 0 Å². The van der Waals surface area contributed by atoms with Gasteiger partial charge in [0.2, 0.25) is 0 Å². The maximum Gasteiger partial charge on any atom is 0.410 e. The molecule has 0 spiro atoms. The van der Waals surface area contributed by atoms with Crippen molar-refractivity contribution in [2.45, 2.75) is 32.8 Å². The predicted molar refractivity (Wildman–Crippen MR) is 102 cm³/mol. The first-order valence-corrected chi connectivity index (χ1v) is 8.75. The van der Waals surface area contributed by atoms with Crippen LogP contribution in [0.25, 0.3) is 0 Å². The van der Waals surface area contributed by atoms with Gasteiger partial charge in [-0.3, -0.25) is 4.99 Å². The summed E-state index contributed by atoms with van der Waals surface area (Å²) >= 11 is 0. The van der Waals surface area contributed by atoms with Crippen molar-refractivity contribution in [3.8, 4) is 0 Å². The van der Waals surface area contributed by atoms with Gasteiger partial charge in [0.1, 0.15) is 5.60 Å². The van der Waals surface area contributed by atoms with E-state index in [1.54, 1.807) is 26.1 Å². The third-order valence-corrected chi connectivity index (χ3v) is 3.34. The molecule has 8 nitrogen and oxygen atoms in total. The summed E-state index contributed by atoms with van der Waals surface area (Å²) in [5.41, 5.74) is -0.481. The Kier molecular flexibility index (Phi) is 12.0. The lowest BCUT2D eigenvalue weighted by molar-refractivity contribution is 0.0302. The lowest BCUT2D eigenvalue weighted by Crippen LogP contribution is -2.44. The van der Waals surface area contributed by atoms with Gasteiger partial charge in [-0.25, -0.2) is 4.79 Å². The van der Waals surface area contributed by atoms with Gasteiger partial charge >= 0.3 is 6.09 Å². The monoisotopic (exact) mass is 359 g/mol. The molecule has 0 bridgehead atoms. The van der Waals surface area contributed by atoms with Crippen molar-refractivity contribution in [2.75, 3.05) is 67.6 Å². The van der Waals surface area contributed by atoms with Crippen LogP contribution in [0, 0.1) is 0 Å². The first kappa shape index (κ1) is 23.5. The standard InChI is InChI=1S/C17H37N5O3/c1-17(2,3)25-16(23)22(6)13-10-20-15(18-4)19-9-12-21(5)11-8-14-24-7/h8-14H2,1-7H3,(H2,18,19,20). The quantitative estimate of drug-likeness (QED) is 0.344. The van der Waals surface area contributed by atoms with E-state index in [1.807, 2.05) is 20.8 Å². The third kappa shape index (κ3) is 13.4. The number of carbonyl (C=O) groups excluding carboxylic acids is 1. The summed E-state index contributed by atoms with van der Waals surface area (Å²) in [6, 6.07) is 0. The van der Waals surface area contributed by atoms with Crippen LogP contribution >= 0.6 is 0 Å². The summed E-state index contributed by atoms with van der Waals surface area (Å²) in [5.74, 6) is 0.725. The number of amides is 1. The zero-order chi connectivity index (χ0) is 19.3. The molecule has 148 valence electrons. The van der Waals surface area contributed by atoms with E-state index in [0.29, 0.717) is 13.1 Å². The number of hydrogen-bond acceptors (Lipinski definition) is 5. The van der Waals surface area contributed by atoms with Crippen molar-refractivity contribution < 1.29 is 14.3 Å².